The highest BCUT2D eigenvalue weighted by Gasteiger charge is 2.46. The summed E-state index contributed by atoms with van der Waals surface area (Å²) in [6.45, 7) is 0.955. The maximum atomic E-state index is 14.2. The van der Waals surface area contributed by atoms with Gasteiger partial charge in [-0.3, -0.25) is 24.6 Å². The lowest BCUT2D eigenvalue weighted by Gasteiger charge is -2.33. The molecule has 2 heterocycles. The quantitative estimate of drug-likeness (QED) is 0.312. The molecule has 9 nitrogen and oxygen atoms in total. The van der Waals surface area contributed by atoms with Crippen molar-refractivity contribution in [1.82, 2.24) is 5.32 Å². The Balaban J connectivity index is 1.35. The lowest BCUT2D eigenvalue weighted by molar-refractivity contribution is -0.142. The molecule has 3 saturated carbocycles. The number of carboxylic acid groups (broad SMARTS) is 1. The maximum absolute atomic E-state index is 14.2. The summed E-state index contributed by atoms with van der Waals surface area (Å²) in [4.78, 5) is 59.4. The zero-order chi connectivity index (χ0) is 27.8. The second-order valence-electron chi connectivity index (χ2n) is 11.7. The molecule has 0 radical (unpaired) electrons. The van der Waals surface area contributed by atoms with Gasteiger partial charge >= 0.3 is 5.97 Å². The number of fused-ring (bicyclic) bond motifs is 1. The number of nitrogens with zero attached hydrogens (tertiary/aromatic N) is 3. The summed E-state index contributed by atoms with van der Waals surface area (Å²) in [7, 11) is 0. The number of carbonyl (C=O) groups excluding carboxylic acids is 3. The zero-order valence-corrected chi connectivity index (χ0v) is 23.4. The highest BCUT2D eigenvalue weighted by atomic mass is 32.1. The van der Waals surface area contributed by atoms with Crippen LogP contribution in [0, 0.1) is 17.8 Å². The average Bonchev–Trinajstić information content (AvgIpc) is 3.84. The fraction of sp³-hybridized carbons (Fsp3) is 0.533. The van der Waals surface area contributed by atoms with Crippen LogP contribution in [0.25, 0.3) is 0 Å². The van der Waals surface area contributed by atoms with Gasteiger partial charge in [0.05, 0.1) is 17.1 Å². The van der Waals surface area contributed by atoms with E-state index in [-0.39, 0.29) is 18.2 Å². The van der Waals surface area contributed by atoms with Crippen molar-refractivity contribution in [3.05, 3.63) is 41.1 Å². The van der Waals surface area contributed by atoms with Gasteiger partial charge in [0, 0.05) is 24.9 Å². The maximum Gasteiger partial charge on any atom is 0.342 e. The zero-order valence-electron chi connectivity index (χ0n) is 22.5. The molecule has 0 spiro atoms. The van der Waals surface area contributed by atoms with E-state index in [1.54, 1.807) is 26.6 Å². The standard InChI is InChI=1S/C30H36N4O5S/c35-25(15-19-5-1-2-6-19)34(22-13-14-40-18-22)27(30(38)39)31-26-28(36)32(16-20-9-10-20)23-7-3-4-8-24(23)33(29(26)37)17-21-11-12-21/h3-4,7-8,13-14,18-21,26-27,31H,1-2,5-6,9-12,15-17H2,(H,38,39). The van der Waals surface area contributed by atoms with Crippen LogP contribution >= 0.6 is 11.3 Å². The number of para-hydroxylation sites is 2. The molecule has 10 heteroatoms. The Morgan fingerprint density at radius 1 is 0.900 bits per heavy atom. The Bertz CT molecular complexity index is 1220. The number of thiophene rings is 1. The molecule has 1 aromatic heterocycles. The molecule has 2 aromatic rings. The SMILES string of the molecule is O=C(O)C(NC1C(=O)N(CC2CC2)c2ccccc2N(CC2CC2)C1=O)N(C(=O)CC1CCCC1)c1ccsc1. The first-order valence-corrected chi connectivity index (χ1v) is 15.4. The molecule has 1 aliphatic heterocycles. The van der Waals surface area contributed by atoms with E-state index in [9.17, 15) is 24.3 Å². The minimum absolute atomic E-state index is 0.210. The number of hydrogen-bond acceptors (Lipinski definition) is 6. The number of carbonyl (C=O) groups is 4. The van der Waals surface area contributed by atoms with E-state index in [2.05, 4.69) is 5.32 Å². The monoisotopic (exact) mass is 564 g/mol. The fourth-order valence-electron chi connectivity index (χ4n) is 6.02. The van der Waals surface area contributed by atoms with Gasteiger partial charge in [0.15, 0.2) is 12.2 Å². The van der Waals surface area contributed by atoms with Gasteiger partial charge in [0.1, 0.15) is 0 Å². The highest BCUT2D eigenvalue weighted by Crippen LogP contribution is 2.40. The molecule has 4 aliphatic rings. The van der Waals surface area contributed by atoms with E-state index < -0.39 is 30.0 Å². The Labute approximate surface area is 238 Å². The molecule has 0 saturated heterocycles. The van der Waals surface area contributed by atoms with Crippen molar-refractivity contribution >= 4 is 52.1 Å². The van der Waals surface area contributed by atoms with E-state index in [4.69, 9.17) is 0 Å². The number of rotatable bonds is 11. The Kier molecular flexibility index (Phi) is 7.63. The molecule has 1 aromatic carbocycles. The van der Waals surface area contributed by atoms with Crippen LogP contribution in [-0.2, 0) is 19.2 Å². The van der Waals surface area contributed by atoms with E-state index in [1.807, 2.05) is 24.3 Å². The van der Waals surface area contributed by atoms with E-state index in [0.29, 0.717) is 42.0 Å². The van der Waals surface area contributed by atoms with Crippen LogP contribution < -0.4 is 20.0 Å². The third kappa shape index (κ3) is 5.65. The van der Waals surface area contributed by atoms with Crippen LogP contribution in [0.4, 0.5) is 17.1 Å². The number of carboxylic acids is 1. The van der Waals surface area contributed by atoms with Crippen LogP contribution in [0.3, 0.4) is 0 Å². The van der Waals surface area contributed by atoms with Crippen molar-refractivity contribution in [3.63, 3.8) is 0 Å². The molecule has 3 fully saturated rings. The van der Waals surface area contributed by atoms with Crippen LogP contribution in [0.2, 0.25) is 0 Å². The van der Waals surface area contributed by atoms with Crippen molar-refractivity contribution in [2.24, 2.45) is 17.8 Å². The Hall–Kier alpha value is -3.24. The number of anilines is 3. The van der Waals surface area contributed by atoms with Gasteiger partial charge in [-0.15, -0.1) is 0 Å². The predicted molar refractivity (Wildman–Crippen MR) is 153 cm³/mol. The van der Waals surface area contributed by atoms with Gasteiger partial charge in [-0.05, 0) is 79.9 Å². The van der Waals surface area contributed by atoms with Gasteiger partial charge in [-0.25, -0.2) is 4.79 Å². The molecule has 2 N–H and O–H groups in total. The van der Waals surface area contributed by atoms with Gasteiger partial charge in [-0.1, -0.05) is 25.0 Å². The predicted octanol–water partition coefficient (Wildman–Crippen LogP) is 4.23. The molecule has 212 valence electrons. The third-order valence-electron chi connectivity index (χ3n) is 8.57. The normalized spacial score (nSPS) is 20.9. The molecule has 3 amide bonds. The van der Waals surface area contributed by atoms with Gasteiger partial charge in [-0.2, -0.15) is 11.3 Å². The summed E-state index contributed by atoms with van der Waals surface area (Å²) < 4.78 is 0. The van der Waals surface area contributed by atoms with Crippen molar-refractivity contribution in [2.75, 3.05) is 27.8 Å². The third-order valence-corrected chi connectivity index (χ3v) is 9.24. The first-order valence-electron chi connectivity index (χ1n) is 14.5. The smallest absolute Gasteiger partial charge is 0.342 e. The first kappa shape index (κ1) is 27.0. The van der Waals surface area contributed by atoms with Crippen molar-refractivity contribution in [3.8, 4) is 0 Å². The van der Waals surface area contributed by atoms with E-state index >= 15 is 0 Å². The summed E-state index contributed by atoms with van der Waals surface area (Å²) in [5.41, 5.74) is 1.81. The van der Waals surface area contributed by atoms with Crippen LogP contribution in [0.15, 0.2) is 41.1 Å². The van der Waals surface area contributed by atoms with Crippen LogP contribution in [0.5, 0.6) is 0 Å². The topological polar surface area (TPSA) is 110 Å². The van der Waals surface area contributed by atoms with Crippen molar-refractivity contribution in [1.29, 1.82) is 0 Å². The lowest BCUT2D eigenvalue weighted by Crippen LogP contribution is -2.63. The first-order chi connectivity index (χ1) is 19.4. The second kappa shape index (κ2) is 11.3. The summed E-state index contributed by atoms with van der Waals surface area (Å²) >= 11 is 1.36. The minimum Gasteiger partial charge on any atom is -0.479 e. The molecular weight excluding hydrogens is 528 g/mol. The fourth-order valence-corrected chi connectivity index (χ4v) is 6.65. The number of aliphatic carboxylic acids is 1. The van der Waals surface area contributed by atoms with Gasteiger partial charge in [0.25, 0.3) is 11.8 Å². The minimum atomic E-state index is -1.58. The van der Waals surface area contributed by atoms with Crippen LogP contribution in [-0.4, -0.2) is 54.1 Å². The van der Waals surface area contributed by atoms with Crippen LogP contribution in [0.1, 0.15) is 57.8 Å². The summed E-state index contributed by atoms with van der Waals surface area (Å²) in [5.74, 6) is -1.64. The number of benzene rings is 1. The number of amides is 3. The molecule has 1 unspecified atom stereocenters. The van der Waals surface area contributed by atoms with E-state index in [1.165, 1.54) is 16.2 Å². The largest absolute Gasteiger partial charge is 0.479 e. The average molecular weight is 565 g/mol. The summed E-state index contributed by atoms with van der Waals surface area (Å²) in [6.07, 6.45) is 6.75. The van der Waals surface area contributed by atoms with Crippen molar-refractivity contribution in [2.45, 2.75) is 70.0 Å². The molecule has 40 heavy (non-hydrogen) atoms. The summed E-state index contributed by atoms with van der Waals surface area (Å²) in [5, 5.41) is 16.9. The van der Waals surface area contributed by atoms with Gasteiger partial charge < -0.3 is 14.9 Å². The molecular formula is C30H36N4O5S. The van der Waals surface area contributed by atoms with Crippen molar-refractivity contribution < 1.29 is 24.3 Å². The number of hydrogen-bond donors (Lipinski definition) is 2. The molecule has 0 bridgehead atoms. The molecule has 1 atom stereocenters. The summed E-state index contributed by atoms with van der Waals surface area (Å²) in [6, 6.07) is 7.72. The number of nitrogens with one attached hydrogen (secondary N) is 1. The second-order valence-corrected chi connectivity index (χ2v) is 12.5. The highest BCUT2D eigenvalue weighted by molar-refractivity contribution is 7.08. The lowest BCUT2D eigenvalue weighted by atomic mass is 10.0. The Morgan fingerprint density at radius 2 is 1.48 bits per heavy atom. The molecule has 6 rings (SSSR count). The Morgan fingerprint density at radius 3 is 1.95 bits per heavy atom. The van der Waals surface area contributed by atoms with Gasteiger partial charge in [0.2, 0.25) is 5.91 Å². The molecule has 3 aliphatic carbocycles. The van der Waals surface area contributed by atoms with E-state index in [0.717, 1.165) is 51.4 Å².